The van der Waals surface area contributed by atoms with Gasteiger partial charge in [-0.2, -0.15) is 0 Å². The van der Waals surface area contributed by atoms with Crippen molar-refractivity contribution in [3.05, 3.63) is 30.3 Å². The molecule has 2 fully saturated rings. The van der Waals surface area contributed by atoms with Crippen LogP contribution in [0.4, 0.5) is 10.5 Å². The van der Waals surface area contributed by atoms with Crippen LogP contribution >= 0.6 is 0 Å². The average molecular weight is 387 g/mol. The van der Waals surface area contributed by atoms with E-state index in [0.29, 0.717) is 25.5 Å². The number of hydrogen-bond acceptors (Lipinski definition) is 3. The SMILES string of the molecule is CN(CCCCNC(=O)N1CCC(C(=O)N2CCCC2)CC1)c1ccccc1. The van der Waals surface area contributed by atoms with Crippen LogP contribution in [0.1, 0.15) is 38.5 Å². The Bertz CT molecular complexity index is 623. The summed E-state index contributed by atoms with van der Waals surface area (Å²) >= 11 is 0. The molecule has 3 amide bonds. The van der Waals surface area contributed by atoms with E-state index in [0.717, 1.165) is 58.2 Å². The van der Waals surface area contributed by atoms with Gasteiger partial charge in [-0.3, -0.25) is 4.79 Å². The zero-order chi connectivity index (χ0) is 19.8. The number of nitrogens with zero attached hydrogens (tertiary/aromatic N) is 3. The highest BCUT2D eigenvalue weighted by atomic mass is 16.2. The van der Waals surface area contributed by atoms with Gasteiger partial charge in [-0.1, -0.05) is 18.2 Å². The van der Waals surface area contributed by atoms with Gasteiger partial charge in [0.05, 0.1) is 0 Å². The Hall–Kier alpha value is -2.24. The standard InChI is InChI=1S/C22H34N4O2/c1-24(20-9-3-2-4-10-20)14-6-5-13-23-22(28)26-17-11-19(12-18-26)21(27)25-15-7-8-16-25/h2-4,9-10,19H,5-8,11-18H2,1H3,(H,23,28). The lowest BCUT2D eigenvalue weighted by Gasteiger charge is -2.33. The van der Waals surface area contributed by atoms with E-state index < -0.39 is 0 Å². The molecule has 2 saturated heterocycles. The number of hydrogen-bond donors (Lipinski definition) is 1. The van der Waals surface area contributed by atoms with E-state index in [4.69, 9.17) is 0 Å². The van der Waals surface area contributed by atoms with E-state index in [9.17, 15) is 9.59 Å². The number of likely N-dealkylation sites (tertiary alicyclic amines) is 2. The molecule has 2 aliphatic heterocycles. The Kier molecular flexibility index (Phi) is 7.57. The highest BCUT2D eigenvalue weighted by molar-refractivity contribution is 5.80. The number of carbonyl (C=O) groups excluding carboxylic acids is 2. The summed E-state index contributed by atoms with van der Waals surface area (Å²) in [6, 6.07) is 10.4. The Morgan fingerprint density at radius 3 is 2.36 bits per heavy atom. The van der Waals surface area contributed by atoms with Crippen molar-refractivity contribution >= 4 is 17.6 Å². The monoisotopic (exact) mass is 386 g/mol. The van der Waals surface area contributed by atoms with Gasteiger partial charge in [0, 0.05) is 57.9 Å². The number of urea groups is 1. The van der Waals surface area contributed by atoms with E-state index in [1.165, 1.54) is 5.69 Å². The highest BCUT2D eigenvalue weighted by Gasteiger charge is 2.31. The molecule has 6 heteroatoms. The largest absolute Gasteiger partial charge is 0.375 e. The van der Waals surface area contributed by atoms with Crippen LogP contribution in [-0.2, 0) is 4.79 Å². The second kappa shape index (κ2) is 10.3. The van der Waals surface area contributed by atoms with Crippen molar-refractivity contribution in [2.75, 3.05) is 51.2 Å². The average Bonchev–Trinajstić information content (AvgIpc) is 3.28. The molecular weight excluding hydrogens is 352 g/mol. The Morgan fingerprint density at radius 1 is 1.00 bits per heavy atom. The van der Waals surface area contributed by atoms with Crippen LogP contribution in [0.15, 0.2) is 30.3 Å². The summed E-state index contributed by atoms with van der Waals surface area (Å²) in [5.41, 5.74) is 1.22. The van der Waals surface area contributed by atoms with Gasteiger partial charge < -0.3 is 20.0 Å². The molecule has 154 valence electrons. The molecule has 0 unspecified atom stereocenters. The van der Waals surface area contributed by atoms with Gasteiger partial charge in [0.2, 0.25) is 5.91 Å². The molecule has 2 aliphatic rings. The Balaban J connectivity index is 1.28. The first-order valence-corrected chi connectivity index (χ1v) is 10.7. The third kappa shape index (κ3) is 5.63. The summed E-state index contributed by atoms with van der Waals surface area (Å²) in [7, 11) is 2.10. The molecule has 2 heterocycles. The lowest BCUT2D eigenvalue weighted by Crippen LogP contribution is -2.47. The first-order chi connectivity index (χ1) is 13.6. The van der Waals surface area contributed by atoms with Crippen molar-refractivity contribution in [1.82, 2.24) is 15.1 Å². The number of para-hydroxylation sites is 1. The summed E-state index contributed by atoms with van der Waals surface area (Å²) in [6.45, 7) is 4.88. The van der Waals surface area contributed by atoms with Crippen LogP contribution in [-0.4, -0.2) is 68.1 Å². The molecule has 1 N–H and O–H groups in total. The Labute approximate surface area is 168 Å². The second-order valence-corrected chi connectivity index (χ2v) is 7.99. The van der Waals surface area contributed by atoms with Crippen LogP contribution in [0.25, 0.3) is 0 Å². The third-order valence-corrected chi connectivity index (χ3v) is 5.94. The Morgan fingerprint density at radius 2 is 1.68 bits per heavy atom. The molecule has 6 nitrogen and oxygen atoms in total. The fraction of sp³-hybridized carbons (Fsp3) is 0.636. The maximum absolute atomic E-state index is 12.5. The zero-order valence-electron chi connectivity index (χ0n) is 17.1. The van der Waals surface area contributed by atoms with Crippen molar-refractivity contribution in [1.29, 1.82) is 0 Å². The first kappa shape index (κ1) is 20.5. The van der Waals surface area contributed by atoms with Gasteiger partial charge in [-0.25, -0.2) is 4.79 Å². The van der Waals surface area contributed by atoms with Crippen LogP contribution < -0.4 is 10.2 Å². The molecule has 3 rings (SSSR count). The van der Waals surface area contributed by atoms with Gasteiger partial charge in [0.25, 0.3) is 0 Å². The van der Waals surface area contributed by atoms with Crippen LogP contribution in [0, 0.1) is 5.92 Å². The van der Waals surface area contributed by atoms with E-state index in [1.807, 2.05) is 28.0 Å². The quantitative estimate of drug-likeness (QED) is 0.733. The number of unbranched alkanes of at least 4 members (excludes halogenated alkanes) is 1. The van der Waals surface area contributed by atoms with E-state index in [-0.39, 0.29) is 11.9 Å². The molecule has 0 spiro atoms. The molecule has 1 aromatic carbocycles. The van der Waals surface area contributed by atoms with Crippen molar-refractivity contribution in [3.8, 4) is 0 Å². The third-order valence-electron chi connectivity index (χ3n) is 5.94. The number of rotatable bonds is 7. The predicted octanol–water partition coefficient (Wildman–Crippen LogP) is 2.95. The molecule has 0 atom stereocenters. The number of carbonyl (C=O) groups is 2. The van der Waals surface area contributed by atoms with E-state index >= 15 is 0 Å². The minimum Gasteiger partial charge on any atom is -0.375 e. The molecule has 0 aromatic heterocycles. The van der Waals surface area contributed by atoms with Crippen molar-refractivity contribution in [3.63, 3.8) is 0 Å². The van der Waals surface area contributed by atoms with Crippen LogP contribution in [0.2, 0.25) is 0 Å². The first-order valence-electron chi connectivity index (χ1n) is 10.7. The number of benzene rings is 1. The smallest absolute Gasteiger partial charge is 0.317 e. The van der Waals surface area contributed by atoms with Crippen LogP contribution in [0.5, 0.6) is 0 Å². The minimum atomic E-state index is 0.0171. The highest BCUT2D eigenvalue weighted by Crippen LogP contribution is 2.22. The zero-order valence-corrected chi connectivity index (χ0v) is 17.1. The summed E-state index contributed by atoms with van der Waals surface area (Å²) in [6.07, 6.45) is 5.86. The summed E-state index contributed by atoms with van der Waals surface area (Å²) in [4.78, 5) is 31.0. The second-order valence-electron chi connectivity index (χ2n) is 7.99. The summed E-state index contributed by atoms with van der Waals surface area (Å²) < 4.78 is 0. The maximum atomic E-state index is 12.5. The van der Waals surface area contributed by atoms with Crippen molar-refractivity contribution < 1.29 is 9.59 Å². The minimum absolute atomic E-state index is 0.0171. The normalized spacial score (nSPS) is 17.6. The molecule has 0 radical (unpaired) electrons. The summed E-state index contributed by atoms with van der Waals surface area (Å²) in [5.74, 6) is 0.413. The van der Waals surface area contributed by atoms with Gasteiger partial charge >= 0.3 is 6.03 Å². The molecule has 0 aliphatic carbocycles. The van der Waals surface area contributed by atoms with E-state index in [2.05, 4.69) is 29.4 Å². The topological polar surface area (TPSA) is 55.9 Å². The predicted molar refractivity (Wildman–Crippen MR) is 112 cm³/mol. The molecule has 1 aromatic rings. The fourth-order valence-electron chi connectivity index (χ4n) is 4.12. The van der Waals surface area contributed by atoms with Gasteiger partial charge in [0.15, 0.2) is 0 Å². The maximum Gasteiger partial charge on any atom is 0.317 e. The lowest BCUT2D eigenvalue weighted by atomic mass is 9.95. The van der Waals surface area contributed by atoms with Gasteiger partial charge in [-0.15, -0.1) is 0 Å². The number of nitrogens with one attached hydrogen (secondary N) is 1. The van der Waals surface area contributed by atoms with Crippen LogP contribution in [0.3, 0.4) is 0 Å². The van der Waals surface area contributed by atoms with Gasteiger partial charge in [0.1, 0.15) is 0 Å². The molecule has 28 heavy (non-hydrogen) atoms. The van der Waals surface area contributed by atoms with Gasteiger partial charge in [-0.05, 0) is 50.7 Å². The number of piperidine rings is 1. The molecule has 0 bridgehead atoms. The summed E-state index contributed by atoms with van der Waals surface area (Å²) in [5, 5.41) is 3.04. The van der Waals surface area contributed by atoms with Crippen molar-refractivity contribution in [2.24, 2.45) is 5.92 Å². The molecule has 0 saturated carbocycles. The van der Waals surface area contributed by atoms with E-state index in [1.54, 1.807) is 0 Å². The number of anilines is 1. The fourth-order valence-corrected chi connectivity index (χ4v) is 4.12. The number of amides is 3. The molecular formula is C22H34N4O2. The lowest BCUT2D eigenvalue weighted by molar-refractivity contribution is -0.135. The van der Waals surface area contributed by atoms with Crippen molar-refractivity contribution in [2.45, 2.75) is 38.5 Å².